The zero-order valence-electron chi connectivity index (χ0n) is 18.7. The highest BCUT2D eigenvalue weighted by molar-refractivity contribution is 5.93. The molecule has 2 aromatic carbocycles. The van der Waals surface area contributed by atoms with E-state index >= 15 is 0 Å². The lowest BCUT2D eigenvalue weighted by Crippen LogP contribution is -2.20. The number of rotatable bonds is 5. The van der Waals surface area contributed by atoms with E-state index in [1.165, 1.54) is 19.3 Å². The summed E-state index contributed by atoms with van der Waals surface area (Å²) in [5.41, 5.74) is 4.60. The van der Waals surface area contributed by atoms with Crippen LogP contribution in [-0.4, -0.2) is 25.4 Å². The number of amides is 1. The van der Waals surface area contributed by atoms with Crippen molar-refractivity contribution in [2.24, 2.45) is 0 Å². The average Bonchev–Trinajstić information content (AvgIpc) is 2.98. The van der Waals surface area contributed by atoms with Crippen LogP contribution in [0.3, 0.4) is 0 Å². The van der Waals surface area contributed by atoms with Gasteiger partial charge in [-0.15, -0.1) is 0 Å². The number of hydrogen-bond donors (Lipinski definition) is 2. The molecule has 0 spiro atoms. The Morgan fingerprint density at radius 3 is 2.76 bits per heavy atom. The minimum absolute atomic E-state index is 0.138. The van der Waals surface area contributed by atoms with Crippen molar-refractivity contribution in [2.75, 3.05) is 5.32 Å². The summed E-state index contributed by atoms with van der Waals surface area (Å²) in [5, 5.41) is 2.95. The first-order valence-electron chi connectivity index (χ1n) is 11.5. The van der Waals surface area contributed by atoms with E-state index in [0.29, 0.717) is 23.5 Å². The maximum absolute atomic E-state index is 12.6. The molecule has 0 aliphatic carbocycles. The largest absolute Gasteiger partial charge is 0.328 e. The summed E-state index contributed by atoms with van der Waals surface area (Å²) in [7, 11) is 0. The van der Waals surface area contributed by atoms with Crippen LogP contribution in [0.25, 0.3) is 22.4 Å². The number of aryl methyl sites for hydroxylation is 3. The third kappa shape index (κ3) is 4.44. The van der Waals surface area contributed by atoms with Crippen molar-refractivity contribution < 1.29 is 4.79 Å². The van der Waals surface area contributed by atoms with Gasteiger partial charge in [-0.1, -0.05) is 36.8 Å². The molecule has 7 nitrogen and oxygen atoms in total. The topological polar surface area (TPSA) is 92.7 Å². The normalized spacial score (nSPS) is 13.5. The highest BCUT2D eigenvalue weighted by atomic mass is 16.1. The summed E-state index contributed by atoms with van der Waals surface area (Å²) in [5.74, 6) is 1.53. The number of benzene rings is 2. The number of imidazole rings is 1. The van der Waals surface area contributed by atoms with Crippen LogP contribution in [0.5, 0.6) is 0 Å². The maximum atomic E-state index is 12.6. The van der Waals surface area contributed by atoms with Gasteiger partial charge in [-0.2, -0.15) is 0 Å². The second-order valence-electron chi connectivity index (χ2n) is 8.59. The molecule has 2 aromatic heterocycles. The van der Waals surface area contributed by atoms with Crippen LogP contribution in [0.4, 0.5) is 5.69 Å². The number of aromatic amines is 1. The summed E-state index contributed by atoms with van der Waals surface area (Å²) >= 11 is 0. The molecule has 1 aliphatic heterocycles. The number of nitrogens with one attached hydrogen (secondary N) is 2. The first-order valence-corrected chi connectivity index (χ1v) is 11.5. The van der Waals surface area contributed by atoms with Crippen LogP contribution in [0, 0.1) is 6.92 Å². The zero-order valence-corrected chi connectivity index (χ0v) is 18.7. The third-order valence-corrected chi connectivity index (χ3v) is 6.26. The van der Waals surface area contributed by atoms with E-state index in [4.69, 9.17) is 4.98 Å². The number of fused-ring (bicyclic) bond motifs is 3. The van der Waals surface area contributed by atoms with Gasteiger partial charge in [0, 0.05) is 41.9 Å². The summed E-state index contributed by atoms with van der Waals surface area (Å²) < 4.78 is 2.30. The van der Waals surface area contributed by atoms with E-state index in [0.717, 1.165) is 41.1 Å². The fraction of sp³-hybridized carbons (Fsp3) is 0.308. The zero-order chi connectivity index (χ0) is 22.8. The van der Waals surface area contributed by atoms with Crippen LogP contribution in [0.15, 0.2) is 53.3 Å². The van der Waals surface area contributed by atoms with E-state index < -0.39 is 0 Å². The second kappa shape index (κ2) is 9.02. The Hall–Kier alpha value is -3.74. The molecular formula is C26H27N5O2. The van der Waals surface area contributed by atoms with Gasteiger partial charge in [-0.3, -0.25) is 9.59 Å². The Kier molecular flexibility index (Phi) is 5.77. The smallest absolute Gasteiger partial charge is 0.254 e. The van der Waals surface area contributed by atoms with E-state index in [9.17, 15) is 9.59 Å². The number of hydrogen-bond acceptors (Lipinski definition) is 4. The molecule has 3 heterocycles. The van der Waals surface area contributed by atoms with Crippen LogP contribution in [0.2, 0.25) is 0 Å². The van der Waals surface area contributed by atoms with Crippen LogP contribution in [-0.2, 0) is 24.2 Å². The van der Waals surface area contributed by atoms with Crippen LogP contribution < -0.4 is 10.9 Å². The van der Waals surface area contributed by atoms with Gasteiger partial charge in [0.15, 0.2) is 0 Å². The molecule has 1 aliphatic rings. The van der Waals surface area contributed by atoms with Gasteiger partial charge >= 0.3 is 0 Å². The molecule has 168 valence electrons. The van der Waals surface area contributed by atoms with Crippen molar-refractivity contribution in [1.29, 1.82) is 0 Å². The fourth-order valence-corrected chi connectivity index (χ4v) is 4.53. The lowest BCUT2D eigenvalue weighted by atomic mass is 10.1. The molecular weight excluding hydrogens is 414 g/mol. The number of carbonyl (C=O) groups excluding carboxylic acids is 1. The minimum atomic E-state index is -0.199. The van der Waals surface area contributed by atoms with Crippen molar-refractivity contribution >= 4 is 22.6 Å². The summed E-state index contributed by atoms with van der Waals surface area (Å²) in [6, 6.07) is 15.4. The van der Waals surface area contributed by atoms with Crippen molar-refractivity contribution in [3.8, 4) is 11.4 Å². The molecule has 5 rings (SSSR count). The van der Waals surface area contributed by atoms with Crippen molar-refractivity contribution in [3.63, 3.8) is 0 Å². The van der Waals surface area contributed by atoms with Gasteiger partial charge in [0.2, 0.25) is 5.91 Å². The van der Waals surface area contributed by atoms with Crippen molar-refractivity contribution in [2.45, 2.75) is 52.0 Å². The van der Waals surface area contributed by atoms with Gasteiger partial charge in [-0.25, -0.2) is 9.97 Å². The molecule has 0 saturated carbocycles. The second-order valence-corrected chi connectivity index (χ2v) is 8.59. The molecule has 0 bridgehead atoms. The Morgan fingerprint density at radius 1 is 1.09 bits per heavy atom. The monoisotopic (exact) mass is 441 g/mol. The molecule has 0 atom stereocenters. The van der Waals surface area contributed by atoms with E-state index in [1.807, 2.05) is 55.5 Å². The first kappa shape index (κ1) is 21.1. The van der Waals surface area contributed by atoms with E-state index in [-0.39, 0.29) is 17.9 Å². The number of H-pyrrole nitrogens is 1. The Morgan fingerprint density at radius 2 is 1.94 bits per heavy atom. The number of nitrogens with zero attached hydrogens (tertiary/aromatic N) is 3. The summed E-state index contributed by atoms with van der Waals surface area (Å²) in [6.07, 6.45) is 5.13. The highest BCUT2D eigenvalue weighted by Gasteiger charge is 2.15. The van der Waals surface area contributed by atoms with Crippen molar-refractivity contribution in [1.82, 2.24) is 19.5 Å². The van der Waals surface area contributed by atoms with E-state index in [1.54, 1.807) is 0 Å². The van der Waals surface area contributed by atoms with Gasteiger partial charge < -0.3 is 14.9 Å². The minimum Gasteiger partial charge on any atom is -0.328 e. The van der Waals surface area contributed by atoms with Crippen LogP contribution >= 0.6 is 0 Å². The molecule has 0 fully saturated rings. The number of carbonyl (C=O) groups is 1. The standard InChI is InChI=1S/C26H27N5O2/c1-17-20(26(33)30-25(27-17)18-8-4-2-5-9-18)12-14-24(32)28-19-11-13-22-21(16-19)29-23-10-6-3-7-15-31(22)23/h2,4-5,8-9,11,13,16H,3,6-7,10,12,14-15H2,1H3,(H,28,32)(H,27,30,33). The molecule has 4 aromatic rings. The summed E-state index contributed by atoms with van der Waals surface area (Å²) in [6.45, 7) is 2.81. The molecule has 0 saturated heterocycles. The third-order valence-electron chi connectivity index (χ3n) is 6.26. The molecule has 7 heteroatoms. The molecule has 2 N–H and O–H groups in total. The van der Waals surface area contributed by atoms with Crippen molar-refractivity contribution in [3.05, 3.63) is 76.0 Å². The fourth-order valence-electron chi connectivity index (χ4n) is 4.53. The van der Waals surface area contributed by atoms with Gasteiger partial charge in [0.05, 0.1) is 11.0 Å². The first-order chi connectivity index (χ1) is 16.1. The maximum Gasteiger partial charge on any atom is 0.254 e. The predicted octanol–water partition coefficient (Wildman–Crippen LogP) is 4.39. The highest BCUT2D eigenvalue weighted by Crippen LogP contribution is 2.24. The Labute approximate surface area is 191 Å². The molecule has 1 amide bonds. The number of anilines is 1. The molecule has 0 radical (unpaired) electrons. The molecule has 33 heavy (non-hydrogen) atoms. The Balaban J connectivity index is 1.27. The van der Waals surface area contributed by atoms with Crippen LogP contribution in [0.1, 0.15) is 42.8 Å². The predicted molar refractivity (Wildman–Crippen MR) is 129 cm³/mol. The summed E-state index contributed by atoms with van der Waals surface area (Å²) in [4.78, 5) is 37.4. The van der Waals surface area contributed by atoms with Gasteiger partial charge in [0.25, 0.3) is 5.56 Å². The Bertz CT molecular complexity index is 1370. The lowest BCUT2D eigenvalue weighted by Gasteiger charge is -2.09. The SMILES string of the molecule is Cc1nc(-c2ccccc2)[nH]c(=O)c1CCC(=O)Nc1ccc2c(c1)nc1n2CCCCC1. The van der Waals surface area contributed by atoms with Gasteiger partial charge in [0.1, 0.15) is 11.6 Å². The molecule has 0 unspecified atom stereocenters. The average molecular weight is 442 g/mol. The van der Waals surface area contributed by atoms with E-state index in [2.05, 4.69) is 19.9 Å². The van der Waals surface area contributed by atoms with Gasteiger partial charge in [-0.05, 0) is 44.4 Å². The quantitative estimate of drug-likeness (QED) is 0.480. The number of aromatic nitrogens is 4. The lowest BCUT2D eigenvalue weighted by molar-refractivity contribution is -0.116.